The van der Waals surface area contributed by atoms with Crippen LogP contribution in [0.1, 0.15) is 5.56 Å². The molecule has 3 heteroatoms. The molecule has 0 saturated carbocycles. The van der Waals surface area contributed by atoms with E-state index in [1.54, 1.807) is 0 Å². The van der Waals surface area contributed by atoms with E-state index in [4.69, 9.17) is 0 Å². The van der Waals surface area contributed by atoms with E-state index < -0.39 is 0 Å². The largest absolute Gasteiger partial charge is 0.299 e. The molecule has 0 aliphatic carbocycles. The lowest BCUT2D eigenvalue weighted by atomic mass is 10.0. The van der Waals surface area contributed by atoms with Crippen LogP contribution < -0.4 is 0 Å². The number of fused-ring (bicyclic) bond motifs is 3. The van der Waals surface area contributed by atoms with Crippen molar-refractivity contribution >= 4 is 16.7 Å². The number of rotatable bonds is 1. The van der Waals surface area contributed by atoms with E-state index in [1.165, 1.54) is 0 Å². The van der Waals surface area contributed by atoms with Crippen molar-refractivity contribution in [2.75, 3.05) is 0 Å². The molecular weight excluding hydrogens is 258 g/mol. The van der Waals surface area contributed by atoms with Crippen LogP contribution in [-0.2, 0) is 0 Å². The zero-order valence-electron chi connectivity index (χ0n) is 11.2. The van der Waals surface area contributed by atoms with Crippen LogP contribution in [0.4, 0.5) is 0 Å². The molecule has 0 atom stereocenters. The number of hydrogen-bond donors (Lipinski definition) is 0. The highest BCUT2D eigenvalue weighted by Gasteiger charge is 2.13. The van der Waals surface area contributed by atoms with E-state index in [0.29, 0.717) is 11.2 Å². The van der Waals surface area contributed by atoms with Crippen LogP contribution in [0, 0.1) is 11.3 Å². The smallest absolute Gasteiger partial charge is 0.156 e. The lowest BCUT2D eigenvalue weighted by Gasteiger charge is -2.05. The second-order valence-corrected chi connectivity index (χ2v) is 4.88. The Kier molecular flexibility index (Phi) is 2.48. The summed E-state index contributed by atoms with van der Waals surface area (Å²) < 4.78 is 1.97. The van der Waals surface area contributed by atoms with Crippen molar-refractivity contribution in [1.29, 1.82) is 5.26 Å². The molecule has 4 rings (SSSR count). The third kappa shape index (κ3) is 1.70. The van der Waals surface area contributed by atoms with Gasteiger partial charge in [0.2, 0.25) is 0 Å². The average Bonchev–Trinajstić information content (AvgIpc) is 2.93. The molecule has 21 heavy (non-hydrogen) atoms. The molecule has 0 unspecified atom stereocenters. The van der Waals surface area contributed by atoms with E-state index in [1.807, 2.05) is 71.3 Å². The number of aromatic nitrogens is 2. The predicted octanol–water partition coefficient (Wildman–Crippen LogP) is 4.03. The highest BCUT2D eigenvalue weighted by Crippen LogP contribution is 2.28. The fourth-order valence-corrected chi connectivity index (χ4v) is 2.69. The summed E-state index contributed by atoms with van der Waals surface area (Å²) >= 11 is 0. The van der Waals surface area contributed by atoms with Crippen molar-refractivity contribution in [3.8, 4) is 17.2 Å². The zero-order chi connectivity index (χ0) is 14.2. The Morgan fingerprint density at radius 1 is 0.905 bits per heavy atom. The second kappa shape index (κ2) is 4.46. The third-order valence-electron chi connectivity index (χ3n) is 3.68. The third-order valence-corrected chi connectivity index (χ3v) is 3.68. The topological polar surface area (TPSA) is 41.1 Å². The minimum atomic E-state index is 0.611. The lowest BCUT2D eigenvalue weighted by Crippen LogP contribution is -1.92. The molecule has 0 spiro atoms. The molecule has 0 aliphatic heterocycles. The van der Waals surface area contributed by atoms with Crippen molar-refractivity contribution in [2.24, 2.45) is 0 Å². The molecule has 98 valence electrons. The molecule has 0 aliphatic rings. The van der Waals surface area contributed by atoms with Gasteiger partial charge in [0.25, 0.3) is 0 Å². The number of hydrogen-bond acceptors (Lipinski definition) is 2. The van der Waals surface area contributed by atoms with E-state index in [-0.39, 0.29) is 0 Å². The van der Waals surface area contributed by atoms with Crippen molar-refractivity contribution < 1.29 is 0 Å². The van der Waals surface area contributed by atoms with Crippen molar-refractivity contribution in [3.63, 3.8) is 0 Å². The maximum atomic E-state index is 9.60. The molecule has 2 heterocycles. The average molecular weight is 269 g/mol. The molecule has 3 nitrogen and oxygen atoms in total. The molecule has 2 aromatic heterocycles. The predicted molar refractivity (Wildman–Crippen MR) is 82.8 cm³/mol. The fraction of sp³-hybridized carbons (Fsp3) is 0. The number of benzene rings is 2. The first kappa shape index (κ1) is 11.7. The van der Waals surface area contributed by atoms with Gasteiger partial charge in [0.05, 0.1) is 11.0 Å². The normalized spacial score (nSPS) is 10.8. The zero-order valence-corrected chi connectivity index (χ0v) is 11.2. The maximum Gasteiger partial charge on any atom is 0.156 e. The van der Waals surface area contributed by atoms with E-state index in [0.717, 1.165) is 22.2 Å². The molecule has 0 bridgehead atoms. The quantitative estimate of drug-likeness (QED) is 0.523. The van der Waals surface area contributed by atoms with Gasteiger partial charge in [0.1, 0.15) is 11.6 Å². The fourth-order valence-electron chi connectivity index (χ4n) is 2.69. The van der Waals surface area contributed by atoms with Crippen LogP contribution in [-0.4, -0.2) is 9.38 Å². The molecule has 0 radical (unpaired) electrons. The number of pyridine rings is 1. The van der Waals surface area contributed by atoms with Crippen LogP contribution >= 0.6 is 0 Å². The van der Waals surface area contributed by atoms with Gasteiger partial charge in [-0.05, 0) is 23.8 Å². The molecule has 0 N–H and O–H groups in total. The highest BCUT2D eigenvalue weighted by atomic mass is 15.0. The van der Waals surface area contributed by atoms with E-state index in [9.17, 15) is 5.26 Å². The van der Waals surface area contributed by atoms with Crippen molar-refractivity contribution in [3.05, 3.63) is 72.4 Å². The Morgan fingerprint density at radius 3 is 2.48 bits per heavy atom. The van der Waals surface area contributed by atoms with Crippen LogP contribution in [0.2, 0.25) is 0 Å². The summed E-state index contributed by atoms with van der Waals surface area (Å²) in [5, 5.41) is 9.60. The summed E-state index contributed by atoms with van der Waals surface area (Å²) in [5.41, 5.74) is 5.19. The standard InChI is InChI=1S/C18H11N3/c19-12-15-14(13-6-2-1-3-7-13)10-11-21-17-9-5-4-8-16(17)20-18(15)21/h1-11H. The Labute approximate surface area is 121 Å². The Balaban J connectivity index is 2.12. The van der Waals surface area contributed by atoms with Gasteiger partial charge >= 0.3 is 0 Å². The first-order chi connectivity index (χ1) is 10.4. The van der Waals surface area contributed by atoms with Gasteiger partial charge < -0.3 is 0 Å². The van der Waals surface area contributed by atoms with E-state index >= 15 is 0 Å². The van der Waals surface area contributed by atoms with Gasteiger partial charge in [-0.3, -0.25) is 4.40 Å². The van der Waals surface area contributed by atoms with Gasteiger partial charge in [-0.25, -0.2) is 4.98 Å². The Morgan fingerprint density at radius 2 is 1.67 bits per heavy atom. The number of para-hydroxylation sites is 2. The van der Waals surface area contributed by atoms with Gasteiger partial charge in [-0.1, -0.05) is 42.5 Å². The molecular formula is C18H11N3. The molecule has 4 aromatic rings. The van der Waals surface area contributed by atoms with Gasteiger partial charge in [-0.15, -0.1) is 0 Å². The minimum Gasteiger partial charge on any atom is -0.299 e. The lowest BCUT2D eigenvalue weighted by molar-refractivity contribution is 1.22. The SMILES string of the molecule is N#Cc1c(-c2ccccc2)ccn2c1nc1ccccc12. The first-order valence-corrected chi connectivity index (χ1v) is 6.74. The van der Waals surface area contributed by atoms with Crippen LogP contribution in [0.5, 0.6) is 0 Å². The number of imidazole rings is 1. The monoisotopic (exact) mass is 269 g/mol. The molecule has 0 amide bonds. The summed E-state index contributed by atoms with van der Waals surface area (Å²) in [6, 6.07) is 22.1. The van der Waals surface area contributed by atoms with Gasteiger partial charge in [0.15, 0.2) is 5.65 Å². The summed E-state index contributed by atoms with van der Waals surface area (Å²) in [6.45, 7) is 0. The van der Waals surface area contributed by atoms with Gasteiger partial charge in [-0.2, -0.15) is 5.26 Å². The van der Waals surface area contributed by atoms with Crippen LogP contribution in [0.3, 0.4) is 0 Å². The van der Waals surface area contributed by atoms with E-state index in [2.05, 4.69) is 11.1 Å². The number of nitrogens with zero attached hydrogens (tertiary/aromatic N) is 3. The van der Waals surface area contributed by atoms with Gasteiger partial charge in [0, 0.05) is 11.8 Å². The van der Waals surface area contributed by atoms with Crippen molar-refractivity contribution in [1.82, 2.24) is 9.38 Å². The maximum absolute atomic E-state index is 9.60. The summed E-state index contributed by atoms with van der Waals surface area (Å²) in [6.07, 6.45) is 1.98. The molecule has 0 fully saturated rings. The minimum absolute atomic E-state index is 0.611. The molecule has 0 saturated heterocycles. The molecule has 2 aromatic carbocycles. The number of nitriles is 1. The summed E-state index contributed by atoms with van der Waals surface area (Å²) in [7, 11) is 0. The van der Waals surface area contributed by atoms with Crippen molar-refractivity contribution in [2.45, 2.75) is 0 Å². The summed E-state index contributed by atoms with van der Waals surface area (Å²) in [5.74, 6) is 0. The van der Waals surface area contributed by atoms with Crippen LogP contribution in [0.25, 0.3) is 27.8 Å². The summed E-state index contributed by atoms with van der Waals surface area (Å²) in [4.78, 5) is 4.61. The first-order valence-electron chi connectivity index (χ1n) is 6.74. The Bertz CT molecular complexity index is 992. The van der Waals surface area contributed by atoms with Crippen LogP contribution in [0.15, 0.2) is 66.9 Å². The Hall–Kier alpha value is -3.12. The second-order valence-electron chi connectivity index (χ2n) is 4.88. The highest BCUT2D eigenvalue weighted by molar-refractivity contribution is 5.86.